The average molecular weight is 397 g/mol. The Kier molecular flexibility index (Phi) is 5.86. The molecule has 0 aliphatic heterocycles. The molecule has 1 rings (SSSR count). The van der Waals surface area contributed by atoms with E-state index in [1.165, 1.54) is 0 Å². The van der Waals surface area contributed by atoms with Gasteiger partial charge in [0.25, 0.3) is 0 Å². The predicted molar refractivity (Wildman–Crippen MR) is 82.6 cm³/mol. The first-order chi connectivity index (χ1) is 8.81. The summed E-state index contributed by atoms with van der Waals surface area (Å²) in [6.07, 6.45) is 0. The normalized spacial score (nSPS) is 12.1. The van der Waals surface area contributed by atoms with E-state index in [-0.39, 0.29) is 5.92 Å². The van der Waals surface area contributed by atoms with E-state index in [0.717, 1.165) is 3.57 Å². The van der Waals surface area contributed by atoms with Gasteiger partial charge in [0.05, 0.1) is 10.7 Å². The van der Waals surface area contributed by atoms with Gasteiger partial charge >= 0.3 is 12.0 Å². The van der Waals surface area contributed by atoms with Crippen molar-refractivity contribution in [3.63, 3.8) is 0 Å². The van der Waals surface area contributed by atoms with Crippen LogP contribution in [0.25, 0.3) is 0 Å². The molecule has 0 radical (unpaired) electrons. The van der Waals surface area contributed by atoms with Crippen LogP contribution < -0.4 is 10.6 Å². The molecule has 0 spiro atoms. The molecule has 1 aromatic carbocycles. The molecular formula is C12H14ClIN2O3. The van der Waals surface area contributed by atoms with Crippen LogP contribution >= 0.6 is 34.2 Å². The summed E-state index contributed by atoms with van der Waals surface area (Å²) < 4.78 is 0.944. The first-order valence-corrected chi connectivity index (χ1v) is 7.02. The molecule has 1 aromatic rings. The standard InChI is InChI=1S/C12H14ClIN2O3/c1-6(2)10(11(17)18)16-12(19)15-9-4-3-7(14)5-8(9)13/h3-6,10H,1-2H3,(H,17,18)(H2,15,16,19)/t10-/m1/s1. The fraction of sp³-hybridized carbons (Fsp3) is 0.333. The lowest BCUT2D eigenvalue weighted by Gasteiger charge is -2.18. The molecule has 1 atom stereocenters. The van der Waals surface area contributed by atoms with Crippen molar-refractivity contribution >= 4 is 51.9 Å². The van der Waals surface area contributed by atoms with Crippen LogP contribution in [0.2, 0.25) is 5.02 Å². The summed E-state index contributed by atoms with van der Waals surface area (Å²) in [5.41, 5.74) is 0.437. The van der Waals surface area contributed by atoms with Crippen molar-refractivity contribution in [3.05, 3.63) is 26.8 Å². The highest BCUT2D eigenvalue weighted by Gasteiger charge is 2.23. The SMILES string of the molecule is CC(C)[C@@H](NC(=O)Nc1ccc(I)cc1Cl)C(=O)O. The maximum absolute atomic E-state index is 11.7. The monoisotopic (exact) mass is 396 g/mol. The Morgan fingerprint density at radius 1 is 1.37 bits per heavy atom. The molecule has 0 fully saturated rings. The number of carboxylic acid groups (broad SMARTS) is 1. The Morgan fingerprint density at radius 2 is 2.00 bits per heavy atom. The lowest BCUT2D eigenvalue weighted by Crippen LogP contribution is -2.46. The number of rotatable bonds is 4. The number of nitrogens with one attached hydrogen (secondary N) is 2. The molecule has 0 saturated heterocycles. The van der Waals surface area contributed by atoms with Gasteiger partial charge in [0.1, 0.15) is 6.04 Å². The number of hydrogen-bond acceptors (Lipinski definition) is 2. The minimum Gasteiger partial charge on any atom is -0.480 e. The van der Waals surface area contributed by atoms with Crippen molar-refractivity contribution in [3.8, 4) is 0 Å². The summed E-state index contributed by atoms with van der Waals surface area (Å²) in [7, 11) is 0. The second-order valence-corrected chi connectivity index (χ2v) is 5.94. The number of benzene rings is 1. The van der Waals surface area contributed by atoms with Gasteiger partial charge in [-0.1, -0.05) is 25.4 Å². The number of anilines is 1. The number of carboxylic acids is 1. The molecule has 19 heavy (non-hydrogen) atoms. The van der Waals surface area contributed by atoms with Gasteiger partial charge in [0, 0.05) is 3.57 Å². The summed E-state index contributed by atoms with van der Waals surface area (Å²) >= 11 is 8.07. The van der Waals surface area contributed by atoms with Crippen LogP contribution in [0.1, 0.15) is 13.8 Å². The van der Waals surface area contributed by atoms with Crippen molar-refractivity contribution in [2.24, 2.45) is 5.92 Å². The van der Waals surface area contributed by atoms with Gasteiger partial charge in [-0.05, 0) is 46.7 Å². The van der Waals surface area contributed by atoms with Crippen molar-refractivity contribution in [1.29, 1.82) is 0 Å². The van der Waals surface area contributed by atoms with E-state index in [1.807, 2.05) is 0 Å². The van der Waals surface area contributed by atoms with Crippen LogP contribution in [-0.4, -0.2) is 23.1 Å². The zero-order chi connectivity index (χ0) is 14.6. The van der Waals surface area contributed by atoms with Crippen molar-refractivity contribution < 1.29 is 14.7 Å². The third kappa shape index (κ3) is 4.87. The van der Waals surface area contributed by atoms with Gasteiger partial charge in [-0.25, -0.2) is 9.59 Å². The highest BCUT2D eigenvalue weighted by atomic mass is 127. The van der Waals surface area contributed by atoms with Gasteiger partial charge in [-0.3, -0.25) is 0 Å². The van der Waals surface area contributed by atoms with E-state index in [9.17, 15) is 9.59 Å². The van der Waals surface area contributed by atoms with Gasteiger partial charge in [-0.2, -0.15) is 0 Å². The molecule has 0 aliphatic rings. The van der Waals surface area contributed by atoms with Crippen LogP contribution in [-0.2, 0) is 4.79 Å². The fourth-order valence-electron chi connectivity index (χ4n) is 1.40. The number of carbonyl (C=O) groups is 2. The minimum absolute atomic E-state index is 0.213. The number of carbonyl (C=O) groups excluding carboxylic acids is 1. The number of aliphatic carboxylic acids is 1. The van der Waals surface area contributed by atoms with Crippen molar-refractivity contribution in [2.45, 2.75) is 19.9 Å². The van der Waals surface area contributed by atoms with Crippen molar-refractivity contribution in [1.82, 2.24) is 5.32 Å². The molecule has 2 amide bonds. The molecule has 0 aromatic heterocycles. The molecule has 0 heterocycles. The second-order valence-electron chi connectivity index (χ2n) is 4.28. The lowest BCUT2D eigenvalue weighted by molar-refractivity contribution is -0.140. The zero-order valence-electron chi connectivity index (χ0n) is 10.4. The molecule has 104 valence electrons. The lowest BCUT2D eigenvalue weighted by atomic mass is 10.1. The van der Waals surface area contributed by atoms with E-state index in [0.29, 0.717) is 10.7 Å². The third-order valence-electron chi connectivity index (χ3n) is 2.40. The smallest absolute Gasteiger partial charge is 0.326 e. The van der Waals surface area contributed by atoms with Crippen LogP contribution in [0.3, 0.4) is 0 Å². The largest absolute Gasteiger partial charge is 0.480 e. The topological polar surface area (TPSA) is 78.4 Å². The van der Waals surface area contributed by atoms with Crippen LogP contribution in [0.15, 0.2) is 18.2 Å². The maximum Gasteiger partial charge on any atom is 0.326 e. The Labute approximate surface area is 129 Å². The number of hydrogen-bond donors (Lipinski definition) is 3. The minimum atomic E-state index is -1.07. The van der Waals surface area contributed by atoms with E-state index >= 15 is 0 Å². The first-order valence-electron chi connectivity index (χ1n) is 5.56. The zero-order valence-corrected chi connectivity index (χ0v) is 13.3. The summed E-state index contributed by atoms with van der Waals surface area (Å²) in [6, 6.07) is 3.62. The van der Waals surface area contributed by atoms with Gasteiger partial charge in [0.15, 0.2) is 0 Å². The van der Waals surface area contributed by atoms with Crippen molar-refractivity contribution in [2.75, 3.05) is 5.32 Å². The molecule has 0 bridgehead atoms. The molecule has 3 N–H and O–H groups in total. The summed E-state index contributed by atoms with van der Waals surface area (Å²) in [5, 5.41) is 14.3. The Hall–Kier alpha value is -1.02. The van der Waals surface area contributed by atoms with Gasteiger partial charge in [-0.15, -0.1) is 0 Å². The van der Waals surface area contributed by atoms with E-state index in [2.05, 4.69) is 33.2 Å². The van der Waals surface area contributed by atoms with Gasteiger partial charge in [0.2, 0.25) is 0 Å². The summed E-state index contributed by atoms with van der Waals surface area (Å²) in [5.74, 6) is -1.28. The van der Waals surface area contributed by atoms with Crippen LogP contribution in [0.4, 0.5) is 10.5 Å². The van der Waals surface area contributed by atoms with Crippen LogP contribution in [0.5, 0.6) is 0 Å². The Morgan fingerprint density at radius 3 is 2.47 bits per heavy atom. The van der Waals surface area contributed by atoms with E-state index < -0.39 is 18.0 Å². The van der Waals surface area contributed by atoms with E-state index in [1.54, 1.807) is 32.0 Å². The number of urea groups is 1. The molecule has 0 unspecified atom stereocenters. The van der Waals surface area contributed by atoms with E-state index in [4.69, 9.17) is 16.7 Å². The predicted octanol–water partition coefficient (Wildman–Crippen LogP) is 3.18. The summed E-state index contributed by atoms with van der Waals surface area (Å²) in [4.78, 5) is 22.7. The second kappa shape index (κ2) is 6.95. The highest BCUT2D eigenvalue weighted by Crippen LogP contribution is 2.23. The molecule has 5 nitrogen and oxygen atoms in total. The fourth-order valence-corrected chi connectivity index (χ4v) is 2.31. The average Bonchev–Trinajstić information content (AvgIpc) is 2.29. The number of halogens is 2. The summed E-state index contributed by atoms with van der Waals surface area (Å²) in [6.45, 7) is 3.44. The molecule has 7 heteroatoms. The van der Waals surface area contributed by atoms with Crippen LogP contribution in [0, 0.1) is 9.49 Å². The molecule has 0 aliphatic carbocycles. The molecular weight excluding hydrogens is 383 g/mol. The maximum atomic E-state index is 11.7. The third-order valence-corrected chi connectivity index (χ3v) is 3.38. The molecule has 0 saturated carbocycles. The van der Waals surface area contributed by atoms with Gasteiger partial charge < -0.3 is 15.7 Å². The first kappa shape index (κ1) is 16.0. The quantitative estimate of drug-likeness (QED) is 0.684. The Balaban J connectivity index is 2.72. The Bertz CT molecular complexity index is 494. The highest BCUT2D eigenvalue weighted by molar-refractivity contribution is 14.1. The number of amides is 2.